The van der Waals surface area contributed by atoms with Crippen molar-refractivity contribution in [1.29, 1.82) is 5.26 Å². The fourth-order valence-electron chi connectivity index (χ4n) is 4.58. The number of pyridine rings is 2. The smallest absolute Gasteiger partial charge is 0.251 e. The Balaban J connectivity index is 1.78. The van der Waals surface area contributed by atoms with Crippen LogP contribution in [0.25, 0.3) is 0 Å². The van der Waals surface area contributed by atoms with Crippen LogP contribution < -0.4 is 10.2 Å². The number of amides is 2. The number of benzene rings is 1. The van der Waals surface area contributed by atoms with Gasteiger partial charge in [0, 0.05) is 36.3 Å². The Morgan fingerprint density at radius 1 is 1.16 bits per heavy atom. The second-order valence-electron chi connectivity index (χ2n) is 10.4. The summed E-state index contributed by atoms with van der Waals surface area (Å²) >= 11 is 0. The molecule has 2 N–H and O–H groups in total. The first-order valence-corrected chi connectivity index (χ1v) is 12.5. The van der Waals surface area contributed by atoms with E-state index in [0.29, 0.717) is 16.9 Å². The van der Waals surface area contributed by atoms with Crippen molar-refractivity contribution >= 4 is 17.5 Å². The van der Waals surface area contributed by atoms with Gasteiger partial charge in [-0.2, -0.15) is 5.26 Å². The summed E-state index contributed by atoms with van der Waals surface area (Å²) in [4.78, 5) is 39.1. The molecule has 9 heteroatoms. The molecule has 38 heavy (non-hydrogen) atoms. The van der Waals surface area contributed by atoms with Crippen LogP contribution in [0.5, 0.6) is 0 Å². The van der Waals surface area contributed by atoms with E-state index in [-0.39, 0.29) is 24.9 Å². The third kappa shape index (κ3) is 5.98. The molecule has 1 aromatic carbocycles. The first-order valence-electron chi connectivity index (χ1n) is 12.5. The van der Waals surface area contributed by atoms with Gasteiger partial charge in [-0.3, -0.25) is 29.4 Å². The Bertz CT molecular complexity index is 1290. The van der Waals surface area contributed by atoms with E-state index in [9.17, 15) is 20.0 Å². The van der Waals surface area contributed by atoms with Gasteiger partial charge in [-0.15, -0.1) is 0 Å². The normalized spacial score (nSPS) is 17.9. The molecule has 0 radical (unpaired) electrons. The largest absolute Gasteiger partial charge is 0.391 e. The molecule has 2 amide bonds. The van der Waals surface area contributed by atoms with Crippen LogP contribution in [0.2, 0.25) is 0 Å². The number of nitrogens with zero attached hydrogens (tertiary/aromatic N) is 5. The lowest BCUT2D eigenvalue weighted by Crippen LogP contribution is -2.50. The topological polar surface area (TPSA) is 122 Å². The number of β-amino-alcohol motifs (C(OH)–C–C–N with tert-alkyl or cyclic N) is 1. The zero-order valence-electron chi connectivity index (χ0n) is 21.8. The molecule has 1 saturated heterocycles. The Kier molecular flexibility index (Phi) is 8.03. The number of hydrogen-bond acceptors (Lipinski definition) is 7. The molecular formula is C29H32N6O3. The fourth-order valence-corrected chi connectivity index (χ4v) is 4.58. The van der Waals surface area contributed by atoms with Crippen molar-refractivity contribution in [3.05, 3.63) is 90.0 Å². The number of likely N-dealkylation sites (tertiary alicyclic amines) is 1. The number of hydrogen-bond donors (Lipinski definition) is 2. The van der Waals surface area contributed by atoms with Crippen LogP contribution in [0, 0.1) is 11.5 Å². The molecule has 1 aliphatic rings. The van der Waals surface area contributed by atoms with Crippen LogP contribution in [0.1, 0.15) is 50.1 Å². The van der Waals surface area contributed by atoms with Crippen molar-refractivity contribution in [2.45, 2.75) is 57.3 Å². The van der Waals surface area contributed by atoms with Crippen molar-refractivity contribution in [2.75, 3.05) is 11.4 Å². The molecule has 2 aromatic heterocycles. The van der Waals surface area contributed by atoms with Gasteiger partial charge in [-0.25, -0.2) is 0 Å². The molecule has 0 bridgehead atoms. The predicted molar refractivity (Wildman–Crippen MR) is 142 cm³/mol. The van der Waals surface area contributed by atoms with E-state index >= 15 is 0 Å². The number of nitriles is 1. The van der Waals surface area contributed by atoms with Crippen LogP contribution >= 0.6 is 0 Å². The summed E-state index contributed by atoms with van der Waals surface area (Å²) in [6.45, 7) is 6.53. The molecule has 4 rings (SSSR count). The van der Waals surface area contributed by atoms with Gasteiger partial charge in [0.05, 0.1) is 24.9 Å². The van der Waals surface area contributed by atoms with Gasteiger partial charge in [-0.05, 0) is 41.3 Å². The van der Waals surface area contributed by atoms with Crippen LogP contribution in [0.15, 0.2) is 73.2 Å². The SMILES string of the molecule is CC(C)(C)c1ccc(N(C(=O)C2CC(O)CN2C#N)C(C(=O)NCc2ccccn2)c2cccnc2)cc1. The average molecular weight is 513 g/mol. The number of rotatable bonds is 7. The van der Waals surface area contributed by atoms with Crippen molar-refractivity contribution in [2.24, 2.45) is 0 Å². The number of nitrogens with one attached hydrogen (secondary N) is 1. The molecule has 0 aliphatic carbocycles. The number of aromatic nitrogens is 2. The van der Waals surface area contributed by atoms with Crippen molar-refractivity contribution < 1.29 is 14.7 Å². The fraction of sp³-hybridized carbons (Fsp3) is 0.345. The van der Waals surface area contributed by atoms with E-state index in [1.807, 2.05) is 36.5 Å². The standard InChI is InChI=1S/C29H32N6O3/c1-29(2,3)21-9-11-23(12-10-21)35(28(38)25-15-24(36)18-34(25)19-30)26(20-7-6-13-31-16-20)27(37)33-17-22-8-4-5-14-32-22/h4-14,16,24-26,36H,15,17-18H2,1-3H3,(H,33,37). The molecule has 0 spiro atoms. The molecular weight excluding hydrogens is 480 g/mol. The van der Waals surface area contributed by atoms with Gasteiger partial charge < -0.3 is 10.4 Å². The summed E-state index contributed by atoms with van der Waals surface area (Å²) in [5.41, 5.74) is 2.66. The number of anilines is 1. The zero-order chi connectivity index (χ0) is 27.3. The van der Waals surface area contributed by atoms with E-state index < -0.39 is 30.0 Å². The lowest BCUT2D eigenvalue weighted by atomic mass is 9.87. The summed E-state index contributed by atoms with van der Waals surface area (Å²) in [7, 11) is 0. The second kappa shape index (κ2) is 11.4. The predicted octanol–water partition coefficient (Wildman–Crippen LogP) is 3.08. The van der Waals surface area contributed by atoms with Crippen LogP contribution in [0.4, 0.5) is 5.69 Å². The third-order valence-electron chi connectivity index (χ3n) is 6.62. The average Bonchev–Trinajstić information content (AvgIpc) is 3.31. The van der Waals surface area contributed by atoms with Crippen LogP contribution in [-0.4, -0.2) is 50.5 Å². The highest BCUT2D eigenvalue weighted by Crippen LogP contribution is 2.33. The molecule has 3 atom stereocenters. The lowest BCUT2D eigenvalue weighted by molar-refractivity contribution is -0.128. The summed E-state index contributed by atoms with van der Waals surface area (Å²) in [5.74, 6) is -0.868. The Labute approximate surface area is 222 Å². The molecule has 1 aliphatic heterocycles. The monoisotopic (exact) mass is 512 g/mol. The minimum absolute atomic E-state index is 0.0626. The van der Waals surface area contributed by atoms with Crippen molar-refractivity contribution in [3.63, 3.8) is 0 Å². The van der Waals surface area contributed by atoms with Crippen molar-refractivity contribution in [1.82, 2.24) is 20.2 Å². The van der Waals surface area contributed by atoms with E-state index in [1.165, 1.54) is 9.80 Å². The van der Waals surface area contributed by atoms with E-state index in [2.05, 4.69) is 36.1 Å². The van der Waals surface area contributed by atoms with E-state index in [1.54, 1.807) is 42.9 Å². The summed E-state index contributed by atoms with van der Waals surface area (Å²) < 4.78 is 0. The lowest BCUT2D eigenvalue weighted by Gasteiger charge is -2.34. The van der Waals surface area contributed by atoms with Gasteiger partial charge in [0.25, 0.3) is 5.91 Å². The molecule has 196 valence electrons. The molecule has 0 saturated carbocycles. The highest BCUT2D eigenvalue weighted by molar-refractivity contribution is 6.04. The van der Waals surface area contributed by atoms with Crippen molar-refractivity contribution in [3.8, 4) is 6.19 Å². The minimum atomic E-state index is -1.07. The Hall–Kier alpha value is -4.29. The summed E-state index contributed by atoms with van der Waals surface area (Å²) in [6.07, 6.45) is 6.10. The van der Waals surface area contributed by atoms with Gasteiger partial charge >= 0.3 is 0 Å². The Morgan fingerprint density at radius 2 is 1.92 bits per heavy atom. The number of carbonyl (C=O) groups excluding carboxylic acids is 2. The summed E-state index contributed by atoms with van der Waals surface area (Å²) in [6, 6.07) is 14.4. The first kappa shape index (κ1) is 26.8. The maximum atomic E-state index is 14.1. The van der Waals surface area contributed by atoms with E-state index in [0.717, 1.165) is 5.56 Å². The van der Waals surface area contributed by atoms with Gasteiger partial charge in [0.1, 0.15) is 12.1 Å². The number of carbonyl (C=O) groups is 2. The van der Waals surface area contributed by atoms with E-state index in [4.69, 9.17) is 0 Å². The highest BCUT2D eigenvalue weighted by atomic mass is 16.3. The van der Waals surface area contributed by atoms with Gasteiger partial charge in [0.2, 0.25) is 5.91 Å². The van der Waals surface area contributed by atoms with Gasteiger partial charge in [-0.1, -0.05) is 45.0 Å². The molecule has 3 heterocycles. The number of aliphatic hydroxyl groups is 1. The minimum Gasteiger partial charge on any atom is -0.391 e. The maximum Gasteiger partial charge on any atom is 0.251 e. The maximum absolute atomic E-state index is 14.1. The van der Waals surface area contributed by atoms with Gasteiger partial charge in [0.15, 0.2) is 6.19 Å². The second-order valence-corrected chi connectivity index (χ2v) is 10.4. The first-order chi connectivity index (χ1) is 18.2. The quantitative estimate of drug-likeness (QED) is 0.467. The van der Waals surface area contributed by atoms with Crippen LogP contribution in [0.3, 0.4) is 0 Å². The van der Waals surface area contributed by atoms with Crippen LogP contribution in [-0.2, 0) is 21.5 Å². The molecule has 3 aromatic rings. The highest BCUT2D eigenvalue weighted by Gasteiger charge is 2.42. The molecule has 9 nitrogen and oxygen atoms in total. The number of aliphatic hydroxyl groups excluding tert-OH is 1. The third-order valence-corrected chi connectivity index (χ3v) is 6.62. The molecule has 1 fully saturated rings. The Morgan fingerprint density at radius 3 is 2.53 bits per heavy atom. The summed E-state index contributed by atoms with van der Waals surface area (Å²) in [5, 5.41) is 22.8. The molecule has 3 unspecified atom stereocenters. The zero-order valence-corrected chi connectivity index (χ0v) is 21.8.